The molecule has 1 unspecified atom stereocenters. The van der Waals surface area contributed by atoms with Crippen molar-refractivity contribution in [2.45, 2.75) is 44.8 Å². The van der Waals surface area contributed by atoms with Crippen LogP contribution in [0.2, 0.25) is 5.02 Å². The summed E-state index contributed by atoms with van der Waals surface area (Å²) < 4.78 is 69.2. The maximum atomic E-state index is 15.0. The summed E-state index contributed by atoms with van der Waals surface area (Å²) in [6.07, 6.45) is -5.73. The van der Waals surface area contributed by atoms with E-state index in [2.05, 4.69) is 15.1 Å². The number of ether oxygens (including phenoxy) is 2. The molecule has 3 N–H and O–H groups in total. The lowest BCUT2D eigenvalue weighted by molar-refractivity contribution is -0.140. The number of aliphatic hydroxyl groups is 1. The number of halogens is 5. The van der Waals surface area contributed by atoms with Crippen LogP contribution in [0.15, 0.2) is 12.1 Å². The second-order valence-electron chi connectivity index (χ2n) is 9.95. The van der Waals surface area contributed by atoms with Gasteiger partial charge in [0.05, 0.1) is 60.6 Å². The van der Waals surface area contributed by atoms with Gasteiger partial charge in [0.15, 0.2) is 11.5 Å². The monoisotopic (exact) mass is 613 g/mol. The minimum Gasteiger partial charge on any atom is -0.467 e. The standard InChI is InChI=1S/C26H28ClF4N7O4/c1-36(8-9-39)24(40)22-20(27)17-11-37(6-3-7-38(17)35-22)23-13-12-42-18(10-16(13)33-25(34-23)41-2)19-14(26(29,30)31)4-5-15(32)21(19)28/h4-5,18,39H,3,6-12,32H2,1-2H3. The number of carbonyl (C=O) groups is 1. The highest BCUT2D eigenvalue weighted by atomic mass is 35.5. The van der Waals surface area contributed by atoms with E-state index < -0.39 is 40.8 Å². The van der Waals surface area contributed by atoms with Gasteiger partial charge in [-0.2, -0.15) is 28.2 Å². The van der Waals surface area contributed by atoms with Gasteiger partial charge in [0.1, 0.15) is 5.82 Å². The van der Waals surface area contributed by atoms with Gasteiger partial charge in [-0.15, -0.1) is 0 Å². The molecule has 226 valence electrons. The first-order valence-corrected chi connectivity index (χ1v) is 13.4. The zero-order valence-corrected chi connectivity index (χ0v) is 23.5. The number of amides is 1. The fourth-order valence-electron chi connectivity index (χ4n) is 5.17. The summed E-state index contributed by atoms with van der Waals surface area (Å²) in [5.41, 5.74) is 4.81. The predicted molar refractivity (Wildman–Crippen MR) is 143 cm³/mol. The van der Waals surface area contributed by atoms with Crippen LogP contribution >= 0.6 is 11.6 Å². The lowest BCUT2D eigenvalue weighted by atomic mass is 9.94. The van der Waals surface area contributed by atoms with Crippen LogP contribution < -0.4 is 15.4 Å². The molecule has 1 amide bonds. The molecule has 4 heterocycles. The van der Waals surface area contributed by atoms with Crippen molar-refractivity contribution in [3.8, 4) is 6.01 Å². The van der Waals surface area contributed by atoms with Gasteiger partial charge in [-0.3, -0.25) is 9.48 Å². The third-order valence-corrected chi connectivity index (χ3v) is 7.69. The number of nitrogens with two attached hydrogens (primary N) is 1. The first-order chi connectivity index (χ1) is 19.9. The highest BCUT2D eigenvalue weighted by Crippen LogP contribution is 2.43. The Hall–Kier alpha value is -3.69. The van der Waals surface area contributed by atoms with Crippen molar-refractivity contribution in [2.75, 3.05) is 44.5 Å². The van der Waals surface area contributed by atoms with Crippen molar-refractivity contribution in [1.82, 2.24) is 24.6 Å². The number of fused-ring (bicyclic) bond motifs is 2. The molecule has 1 atom stereocenters. The lowest BCUT2D eigenvalue weighted by Gasteiger charge is -2.31. The summed E-state index contributed by atoms with van der Waals surface area (Å²) in [4.78, 5) is 24.9. The van der Waals surface area contributed by atoms with E-state index in [1.807, 2.05) is 4.90 Å². The van der Waals surface area contributed by atoms with Crippen LogP contribution in [0.1, 0.15) is 51.1 Å². The molecule has 0 saturated carbocycles. The summed E-state index contributed by atoms with van der Waals surface area (Å²) in [5.74, 6) is -1.21. The number of hydrogen-bond donors (Lipinski definition) is 2. The number of rotatable bonds is 6. The van der Waals surface area contributed by atoms with E-state index >= 15 is 4.39 Å². The SMILES string of the molecule is COc1nc2c(c(N3CCCn4nc(C(=O)N(C)CCO)c(Cl)c4C3)n1)COC(c1c(C(F)(F)F)ccc(N)c1F)C2. The second kappa shape index (κ2) is 11.5. The Morgan fingerprint density at radius 3 is 2.76 bits per heavy atom. The average Bonchev–Trinajstić information content (AvgIpc) is 3.12. The molecular formula is C26H28ClF4N7O4. The number of nitrogens with zero attached hydrogens (tertiary/aromatic N) is 6. The number of aromatic nitrogens is 4. The first-order valence-electron chi connectivity index (χ1n) is 13.0. The Morgan fingerprint density at radius 1 is 1.31 bits per heavy atom. The molecule has 0 bridgehead atoms. The van der Waals surface area contributed by atoms with E-state index in [1.54, 1.807) is 4.68 Å². The van der Waals surface area contributed by atoms with Crippen LogP contribution in [0.4, 0.5) is 29.1 Å². The molecule has 0 spiro atoms. The molecule has 0 fully saturated rings. The molecule has 11 nitrogen and oxygen atoms in total. The number of nitrogen functional groups attached to an aromatic ring is 1. The number of hydrogen-bond acceptors (Lipinski definition) is 9. The van der Waals surface area contributed by atoms with Gasteiger partial charge >= 0.3 is 12.2 Å². The van der Waals surface area contributed by atoms with E-state index in [4.69, 9.17) is 26.8 Å². The molecule has 2 aliphatic rings. The molecule has 0 radical (unpaired) electrons. The summed E-state index contributed by atoms with van der Waals surface area (Å²) in [7, 11) is 2.89. The van der Waals surface area contributed by atoms with Crippen LogP contribution in [0, 0.1) is 5.82 Å². The second-order valence-corrected chi connectivity index (χ2v) is 10.3. The normalized spacial score (nSPS) is 17.0. The van der Waals surface area contributed by atoms with Gasteiger partial charge in [-0.1, -0.05) is 11.6 Å². The molecule has 0 saturated heterocycles. The van der Waals surface area contributed by atoms with E-state index in [1.165, 1.54) is 19.1 Å². The Labute approximate surface area is 242 Å². The van der Waals surface area contributed by atoms with E-state index in [0.717, 1.165) is 12.1 Å². The van der Waals surface area contributed by atoms with Gasteiger partial charge in [-0.05, 0) is 18.6 Å². The van der Waals surface area contributed by atoms with Crippen molar-refractivity contribution < 1.29 is 36.9 Å². The van der Waals surface area contributed by atoms with E-state index in [0.29, 0.717) is 42.3 Å². The topological polar surface area (TPSA) is 132 Å². The number of likely N-dealkylation sites (N-methyl/N-ethyl adjacent to an activating group) is 1. The molecule has 16 heteroatoms. The van der Waals surface area contributed by atoms with Crippen molar-refractivity contribution in [3.63, 3.8) is 0 Å². The van der Waals surface area contributed by atoms with E-state index in [-0.39, 0.29) is 49.5 Å². The molecule has 3 aromatic rings. The molecule has 2 aliphatic heterocycles. The van der Waals surface area contributed by atoms with Crippen molar-refractivity contribution in [3.05, 3.63) is 56.7 Å². The number of alkyl halides is 3. The van der Waals surface area contributed by atoms with Gasteiger partial charge < -0.3 is 30.1 Å². The van der Waals surface area contributed by atoms with Crippen LogP contribution in [0.5, 0.6) is 6.01 Å². The van der Waals surface area contributed by atoms with Crippen LogP contribution in [-0.4, -0.2) is 69.5 Å². The number of carbonyl (C=O) groups excluding carboxylic acids is 1. The quantitative estimate of drug-likeness (QED) is 0.317. The zero-order chi connectivity index (χ0) is 30.3. The Bertz CT molecular complexity index is 1520. The molecule has 1 aromatic carbocycles. The van der Waals surface area contributed by atoms with Gasteiger partial charge in [-0.25, -0.2) is 4.39 Å². The van der Waals surface area contributed by atoms with Gasteiger partial charge in [0, 0.05) is 44.2 Å². The van der Waals surface area contributed by atoms with Crippen molar-refractivity contribution in [2.24, 2.45) is 0 Å². The summed E-state index contributed by atoms with van der Waals surface area (Å²) in [5, 5.41) is 13.8. The Kier molecular flexibility index (Phi) is 8.18. The number of aliphatic hydroxyl groups excluding tert-OH is 1. The maximum Gasteiger partial charge on any atom is 0.416 e. The number of methoxy groups -OCH3 is 1. The smallest absolute Gasteiger partial charge is 0.416 e. The maximum absolute atomic E-state index is 15.0. The lowest BCUT2D eigenvalue weighted by Crippen LogP contribution is -2.30. The third kappa shape index (κ3) is 5.43. The number of aryl methyl sites for hydroxylation is 1. The minimum absolute atomic E-state index is 0.0289. The molecule has 42 heavy (non-hydrogen) atoms. The molecule has 2 aromatic heterocycles. The van der Waals surface area contributed by atoms with Crippen molar-refractivity contribution in [1.29, 1.82) is 0 Å². The number of benzene rings is 1. The third-order valence-electron chi connectivity index (χ3n) is 7.29. The highest BCUT2D eigenvalue weighted by Gasteiger charge is 2.40. The van der Waals surface area contributed by atoms with Crippen LogP contribution in [0.3, 0.4) is 0 Å². The number of anilines is 2. The first kappa shape index (κ1) is 29.8. The average molecular weight is 614 g/mol. The van der Waals surface area contributed by atoms with Crippen LogP contribution in [0.25, 0.3) is 0 Å². The highest BCUT2D eigenvalue weighted by molar-refractivity contribution is 6.34. The van der Waals surface area contributed by atoms with Gasteiger partial charge in [0.25, 0.3) is 5.91 Å². The Balaban J connectivity index is 1.50. The summed E-state index contributed by atoms with van der Waals surface area (Å²) in [6.45, 7) is 0.838. The molecule has 0 aliphatic carbocycles. The van der Waals surface area contributed by atoms with E-state index in [9.17, 15) is 23.1 Å². The Morgan fingerprint density at radius 2 is 2.07 bits per heavy atom. The molecular weight excluding hydrogens is 586 g/mol. The fraction of sp³-hybridized carbons (Fsp3) is 0.462. The summed E-state index contributed by atoms with van der Waals surface area (Å²) >= 11 is 6.64. The minimum atomic E-state index is -4.83. The largest absolute Gasteiger partial charge is 0.467 e. The molecule has 5 rings (SSSR count). The summed E-state index contributed by atoms with van der Waals surface area (Å²) in [6, 6.07) is 1.59. The zero-order valence-electron chi connectivity index (χ0n) is 22.7. The van der Waals surface area contributed by atoms with Crippen LogP contribution in [-0.2, 0) is 37.0 Å². The van der Waals surface area contributed by atoms with Gasteiger partial charge in [0.2, 0.25) is 0 Å². The fourth-order valence-corrected chi connectivity index (χ4v) is 5.45. The predicted octanol–water partition coefficient (Wildman–Crippen LogP) is 3.36. The van der Waals surface area contributed by atoms with Crippen molar-refractivity contribution >= 4 is 29.0 Å².